The SMILES string of the molecule is CCOc1c(/C(C)=C/C(=O)NCc2ccccc2)cc2c(-c3ccc(C)cc3)coc2c1C. The van der Waals surface area contributed by atoms with Gasteiger partial charge in [0.2, 0.25) is 5.91 Å². The maximum Gasteiger partial charge on any atom is 0.244 e. The standard InChI is InChI=1S/C29H29NO3/c1-5-32-28-21(4)29-25(26(18-33-29)23-13-11-19(2)12-14-23)16-24(28)20(3)15-27(31)30-17-22-9-7-6-8-10-22/h6-16,18H,5,17H2,1-4H3,(H,30,31)/b20-15+. The van der Waals surface area contributed by atoms with Gasteiger partial charge in [0.25, 0.3) is 0 Å². The highest BCUT2D eigenvalue weighted by Crippen LogP contribution is 2.40. The summed E-state index contributed by atoms with van der Waals surface area (Å²) in [5, 5.41) is 3.97. The molecule has 1 aromatic heterocycles. The summed E-state index contributed by atoms with van der Waals surface area (Å²) >= 11 is 0. The molecular weight excluding hydrogens is 410 g/mol. The van der Waals surface area contributed by atoms with E-state index in [9.17, 15) is 4.79 Å². The zero-order valence-electron chi connectivity index (χ0n) is 19.6. The van der Waals surface area contributed by atoms with E-state index >= 15 is 0 Å². The van der Waals surface area contributed by atoms with E-state index in [0.29, 0.717) is 13.2 Å². The van der Waals surface area contributed by atoms with Crippen LogP contribution in [0, 0.1) is 13.8 Å². The number of fused-ring (bicyclic) bond motifs is 1. The van der Waals surface area contributed by atoms with Crippen molar-refractivity contribution >= 4 is 22.4 Å². The van der Waals surface area contributed by atoms with Crippen LogP contribution in [-0.2, 0) is 11.3 Å². The van der Waals surface area contributed by atoms with Crippen LogP contribution in [-0.4, -0.2) is 12.5 Å². The Labute approximate surface area is 194 Å². The fourth-order valence-electron chi connectivity index (χ4n) is 4.01. The van der Waals surface area contributed by atoms with Gasteiger partial charge in [-0.25, -0.2) is 0 Å². The number of allylic oxidation sites excluding steroid dienone is 1. The van der Waals surface area contributed by atoms with E-state index in [2.05, 4.69) is 42.6 Å². The Morgan fingerprint density at radius 2 is 1.79 bits per heavy atom. The molecule has 1 N–H and O–H groups in total. The van der Waals surface area contributed by atoms with Gasteiger partial charge in [0.15, 0.2) is 0 Å². The molecule has 4 aromatic rings. The van der Waals surface area contributed by atoms with Gasteiger partial charge in [0.05, 0.1) is 12.9 Å². The molecule has 0 bridgehead atoms. The Morgan fingerprint density at radius 3 is 2.48 bits per heavy atom. The van der Waals surface area contributed by atoms with Gasteiger partial charge < -0.3 is 14.5 Å². The molecule has 0 unspecified atom stereocenters. The molecule has 0 atom stereocenters. The number of hydrogen-bond donors (Lipinski definition) is 1. The summed E-state index contributed by atoms with van der Waals surface area (Å²) in [5.74, 6) is 0.613. The Balaban J connectivity index is 1.72. The van der Waals surface area contributed by atoms with E-state index in [1.54, 1.807) is 12.3 Å². The number of benzene rings is 3. The smallest absolute Gasteiger partial charge is 0.244 e. The summed E-state index contributed by atoms with van der Waals surface area (Å²) in [6.45, 7) is 8.99. The fraction of sp³-hybridized carbons (Fsp3) is 0.207. The Morgan fingerprint density at radius 1 is 1.06 bits per heavy atom. The molecular formula is C29H29NO3. The van der Waals surface area contributed by atoms with Crippen LogP contribution in [0.25, 0.3) is 27.7 Å². The molecule has 4 rings (SSSR count). The lowest BCUT2D eigenvalue weighted by Gasteiger charge is -2.15. The zero-order valence-corrected chi connectivity index (χ0v) is 19.6. The first-order chi connectivity index (χ1) is 16.0. The van der Waals surface area contributed by atoms with Gasteiger partial charge in [-0.1, -0.05) is 60.2 Å². The van der Waals surface area contributed by atoms with Gasteiger partial charge in [-0.15, -0.1) is 0 Å². The van der Waals surface area contributed by atoms with Crippen LogP contribution >= 0.6 is 0 Å². The van der Waals surface area contributed by atoms with Gasteiger partial charge in [-0.3, -0.25) is 4.79 Å². The van der Waals surface area contributed by atoms with Crippen molar-refractivity contribution in [1.82, 2.24) is 5.32 Å². The Hall–Kier alpha value is -3.79. The van der Waals surface area contributed by atoms with Crippen molar-refractivity contribution in [2.24, 2.45) is 0 Å². The van der Waals surface area contributed by atoms with Crippen molar-refractivity contribution in [2.45, 2.75) is 34.2 Å². The van der Waals surface area contributed by atoms with Gasteiger partial charge in [0.1, 0.15) is 11.3 Å². The first-order valence-electron chi connectivity index (χ1n) is 11.2. The molecule has 1 amide bonds. The maximum atomic E-state index is 12.6. The van der Waals surface area contributed by atoms with E-state index in [1.165, 1.54) is 5.56 Å². The lowest BCUT2D eigenvalue weighted by Crippen LogP contribution is -2.20. The number of amides is 1. The summed E-state index contributed by atoms with van der Waals surface area (Å²) in [4.78, 5) is 12.6. The van der Waals surface area contributed by atoms with Crippen LogP contribution in [0.4, 0.5) is 0 Å². The second kappa shape index (κ2) is 9.78. The monoisotopic (exact) mass is 439 g/mol. The minimum Gasteiger partial charge on any atom is -0.493 e. The van der Waals surface area contributed by atoms with Gasteiger partial charge in [-0.05, 0) is 50.5 Å². The Kier molecular flexibility index (Phi) is 6.64. The third kappa shape index (κ3) is 4.85. The highest BCUT2D eigenvalue weighted by Gasteiger charge is 2.19. The second-order valence-corrected chi connectivity index (χ2v) is 8.23. The van der Waals surface area contributed by atoms with Crippen LogP contribution in [0.15, 0.2) is 77.4 Å². The van der Waals surface area contributed by atoms with E-state index in [0.717, 1.165) is 50.1 Å². The number of carbonyl (C=O) groups excluding carboxylic acids is 1. The van der Waals surface area contributed by atoms with E-state index < -0.39 is 0 Å². The van der Waals surface area contributed by atoms with Crippen molar-refractivity contribution < 1.29 is 13.9 Å². The van der Waals surface area contributed by atoms with Crippen LogP contribution in [0.5, 0.6) is 5.75 Å². The summed E-state index contributed by atoms with van der Waals surface area (Å²) in [5.41, 5.74) is 7.86. The molecule has 0 fully saturated rings. The molecule has 0 aliphatic heterocycles. The van der Waals surface area contributed by atoms with Crippen LogP contribution in [0.1, 0.15) is 36.1 Å². The predicted octanol–water partition coefficient (Wildman–Crippen LogP) is 6.84. The largest absolute Gasteiger partial charge is 0.493 e. The number of rotatable bonds is 7. The summed E-state index contributed by atoms with van der Waals surface area (Å²) in [6, 6.07) is 20.3. The Bertz CT molecular complexity index is 1300. The number of nitrogens with one attached hydrogen (secondary N) is 1. The normalized spacial score (nSPS) is 11.6. The molecule has 0 spiro atoms. The number of ether oxygens (including phenoxy) is 1. The number of hydrogen-bond acceptors (Lipinski definition) is 3. The highest BCUT2D eigenvalue weighted by molar-refractivity contribution is 6.01. The van der Waals surface area contributed by atoms with E-state index in [1.807, 2.05) is 51.1 Å². The molecule has 33 heavy (non-hydrogen) atoms. The molecule has 0 saturated heterocycles. The molecule has 3 aromatic carbocycles. The van der Waals surface area contributed by atoms with Crippen molar-refractivity contribution in [3.8, 4) is 16.9 Å². The zero-order chi connectivity index (χ0) is 23.4. The van der Waals surface area contributed by atoms with Crippen LogP contribution in [0.2, 0.25) is 0 Å². The summed E-state index contributed by atoms with van der Waals surface area (Å²) in [6.07, 6.45) is 3.44. The molecule has 0 radical (unpaired) electrons. The summed E-state index contributed by atoms with van der Waals surface area (Å²) in [7, 11) is 0. The molecule has 4 nitrogen and oxygen atoms in total. The van der Waals surface area contributed by atoms with Gasteiger partial charge in [-0.2, -0.15) is 0 Å². The minimum absolute atomic E-state index is 0.137. The van der Waals surface area contributed by atoms with E-state index in [4.69, 9.17) is 9.15 Å². The first kappa shape index (κ1) is 22.4. The average molecular weight is 440 g/mol. The molecule has 168 valence electrons. The maximum absolute atomic E-state index is 12.6. The average Bonchev–Trinajstić information content (AvgIpc) is 3.25. The minimum atomic E-state index is -0.137. The quantitative estimate of drug-likeness (QED) is 0.321. The molecule has 0 aliphatic carbocycles. The molecule has 4 heteroatoms. The van der Waals surface area contributed by atoms with Crippen molar-refractivity contribution in [3.05, 3.63) is 95.3 Å². The number of furan rings is 1. The van der Waals surface area contributed by atoms with Crippen molar-refractivity contribution in [3.63, 3.8) is 0 Å². The van der Waals surface area contributed by atoms with Crippen LogP contribution < -0.4 is 10.1 Å². The summed E-state index contributed by atoms with van der Waals surface area (Å²) < 4.78 is 12.0. The lowest BCUT2D eigenvalue weighted by atomic mass is 9.96. The van der Waals surface area contributed by atoms with Crippen molar-refractivity contribution in [1.29, 1.82) is 0 Å². The third-order valence-corrected chi connectivity index (χ3v) is 5.78. The first-order valence-corrected chi connectivity index (χ1v) is 11.2. The number of aryl methyl sites for hydroxylation is 2. The fourth-order valence-corrected chi connectivity index (χ4v) is 4.01. The van der Waals surface area contributed by atoms with E-state index in [-0.39, 0.29) is 5.91 Å². The van der Waals surface area contributed by atoms with Gasteiger partial charge >= 0.3 is 0 Å². The topological polar surface area (TPSA) is 51.5 Å². The highest BCUT2D eigenvalue weighted by atomic mass is 16.5. The predicted molar refractivity (Wildman–Crippen MR) is 134 cm³/mol. The third-order valence-electron chi connectivity index (χ3n) is 5.78. The second-order valence-electron chi connectivity index (χ2n) is 8.23. The molecule has 0 saturated carbocycles. The lowest BCUT2D eigenvalue weighted by molar-refractivity contribution is -0.116. The molecule has 0 aliphatic rings. The molecule has 1 heterocycles. The number of carbonyl (C=O) groups is 1. The van der Waals surface area contributed by atoms with Crippen LogP contribution in [0.3, 0.4) is 0 Å². The van der Waals surface area contributed by atoms with Gasteiger partial charge in [0, 0.05) is 34.7 Å². The van der Waals surface area contributed by atoms with Crippen molar-refractivity contribution in [2.75, 3.05) is 6.61 Å².